The maximum Gasteiger partial charge on any atom is 0.00965 e. The fourth-order valence-electron chi connectivity index (χ4n) is 0.362. The minimum Gasteiger partial charge on any atom is -0.162 e. The fourth-order valence-corrected chi connectivity index (χ4v) is 0.716. The minimum absolute atomic E-state index is 0.478. The maximum absolute atomic E-state index is 5.04. The molecule has 0 heterocycles. The average molecular weight is 127 g/mol. The summed E-state index contributed by atoms with van der Waals surface area (Å²) in [6.07, 6.45) is 8.99. The van der Waals surface area contributed by atoms with Gasteiger partial charge in [-0.1, -0.05) is 0 Å². The number of terminal acetylenes is 1. The van der Waals surface area contributed by atoms with Gasteiger partial charge in [-0.3, -0.25) is 0 Å². The molecule has 0 fully saturated rings. The molecule has 0 aromatic heterocycles. The molecule has 0 aliphatic rings. The topological polar surface area (TPSA) is 0 Å². The molecule has 0 amide bonds. The summed E-state index contributed by atoms with van der Waals surface area (Å²) in [5.74, 6) is 2.58. The first-order chi connectivity index (χ1) is 3.81. The van der Waals surface area contributed by atoms with E-state index in [0.717, 1.165) is 12.8 Å². The van der Waals surface area contributed by atoms with Crippen LogP contribution in [0, 0.1) is 19.3 Å². The van der Waals surface area contributed by atoms with Crippen LogP contribution in [-0.2, 0) is 0 Å². The van der Waals surface area contributed by atoms with E-state index >= 15 is 0 Å². The molecule has 0 aliphatic carbocycles. The summed E-state index contributed by atoms with van der Waals surface area (Å²) in [6.45, 7) is 3.86. The molecule has 1 atom stereocenters. The van der Waals surface area contributed by atoms with E-state index in [1.165, 1.54) is 0 Å². The van der Waals surface area contributed by atoms with Gasteiger partial charge in [0.15, 0.2) is 0 Å². The monoisotopic (exact) mass is 127 g/mol. The van der Waals surface area contributed by atoms with E-state index in [2.05, 4.69) is 12.8 Å². The number of thioether (sulfide) groups is 1. The fraction of sp³-hybridized carbons (Fsp3) is 0.571. The Hall–Kier alpha value is -0.0900. The highest BCUT2D eigenvalue weighted by atomic mass is 32.2. The molecule has 0 aromatic rings. The molecular formula is C7H11S. The Balaban J connectivity index is 3.01. The molecule has 0 spiro atoms. The predicted molar refractivity (Wildman–Crippen MR) is 40.7 cm³/mol. The number of hydrogen-bond donors (Lipinski definition) is 0. The molecule has 0 aromatic carbocycles. The van der Waals surface area contributed by atoms with Gasteiger partial charge in [-0.05, 0) is 19.6 Å². The summed E-state index contributed by atoms with van der Waals surface area (Å²) in [6, 6.07) is 0. The first kappa shape index (κ1) is 7.91. The Morgan fingerprint density at radius 2 is 2.50 bits per heavy atom. The van der Waals surface area contributed by atoms with Crippen molar-refractivity contribution in [2.24, 2.45) is 0 Å². The van der Waals surface area contributed by atoms with Crippen LogP contribution in [0.4, 0.5) is 0 Å². The SMILES string of the molecule is C#CCCC([CH2])SC. The van der Waals surface area contributed by atoms with Crippen molar-refractivity contribution >= 4 is 11.8 Å². The van der Waals surface area contributed by atoms with Crippen LogP contribution in [0.25, 0.3) is 0 Å². The van der Waals surface area contributed by atoms with E-state index in [9.17, 15) is 0 Å². The highest BCUT2D eigenvalue weighted by Gasteiger charge is 1.94. The minimum atomic E-state index is 0.478. The van der Waals surface area contributed by atoms with Gasteiger partial charge in [0.2, 0.25) is 0 Å². The van der Waals surface area contributed by atoms with Gasteiger partial charge in [0.25, 0.3) is 0 Å². The van der Waals surface area contributed by atoms with Gasteiger partial charge in [0, 0.05) is 11.7 Å². The largest absolute Gasteiger partial charge is 0.162 e. The van der Waals surface area contributed by atoms with Gasteiger partial charge in [0.1, 0.15) is 0 Å². The molecule has 45 valence electrons. The summed E-state index contributed by atoms with van der Waals surface area (Å²) in [7, 11) is 0. The lowest BCUT2D eigenvalue weighted by Gasteiger charge is -2.01. The molecule has 0 saturated heterocycles. The van der Waals surface area contributed by atoms with Crippen LogP contribution in [0.15, 0.2) is 0 Å². The molecular weight excluding hydrogens is 116 g/mol. The molecule has 1 radical (unpaired) electrons. The van der Waals surface area contributed by atoms with Crippen molar-refractivity contribution in [1.29, 1.82) is 0 Å². The van der Waals surface area contributed by atoms with E-state index in [1.54, 1.807) is 11.8 Å². The molecule has 0 rings (SSSR count). The molecule has 0 aliphatic heterocycles. The van der Waals surface area contributed by atoms with Crippen LogP contribution in [0.3, 0.4) is 0 Å². The number of rotatable bonds is 3. The van der Waals surface area contributed by atoms with Crippen molar-refractivity contribution in [3.05, 3.63) is 6.92 Å². The van der Waals surface area contributed by atoms with Crippen LogP contribution in [0.2, 0.25) is 0 Å². The zero-order valence-electron chi connectivity index (χ0n) is 5.18. The Morgan fingerprint density at radius 1 is 1.88 bits per heavy atom. The lowest BCUT2D eigenvalue weighted by Crippen LogP contribution is -1.92. The van der Waals surface area contributed by atoms with Gasteiger partial charge in [-0.15, -0.1) is 12.3 Å². The van der Waals surface area contributed by atoms with E-state index in [4.69, 9.17) is 6.42 Å². The van der Waals surface area contributed by atoms with E-state index in [0.29, 0.717) is 5.25 Å². The maximum atomic E-state index is 5.04. The smallest absolute Gasteiger partial charge is 0.00965 e. The standard InChI is InChI=1S/C7H11S/c1-4-5-6-7(2)8-3/h1,7H,2,5-6H2,3H3. The van der Waals surface area contributed by atoms with E-state index in [-0.39, 0.29) is 0 Å². The average Bonchev–Trinajstić information content (AvgIpc) is 1.83. The third kappa shape index (κ3) is 4.08. The quantitative estimate of drug-likeness (QED) is 0.522. The van der Waals surface area contributed by atoms with Crippen LogP contribution in [0.5, 0.6) is 0 Å². The van der Waals surface area contributed by atoms with Gasteiger partial charge in [0.05, 0.1) is 0 Å². The second-order valence-electron chi connectivity index (χ2n) is 1.60. The highest BCUT2D eigenvalue weighted by molar-refractivity contribution is 7.99. The Morgan fingerprint density at radius 3 is 2.88 bits per heavy atom. The van der Waals surface area contributed by atoms with Crippen LogP contribution >= 0.6 is 11.8 Å². The van der Waals surface area contributed by atoms with Gasteiger partial charge >= 0.3 is 0 Å². The molecule has 1 unspecified atom stereocenters. The first-order valence-corrected chi connectivity index (χ1v) is 3.89. The van der Waals surface area contributed by atoms with Crippen LogP contribution in [0.1, 0.15) is 12.8 Å². The summed E-state index contributed by atoms with van der Waals surface area (Å²) < 4.78 is 0. The molecule has 1 heteroatoms. The third-order valence-electron chi connectivity index (χ3n) is 0.944. The van der Waals surface area contributed by atoms with Gasteiger partial charge in [-0.25, -0.2) is 0 Å². The first-order valence-electron chi connectivity index (χ1n) is 2.60. The summed E-state index contributed by atoms with van der Waals surface area (Å²) in [4.78, 5) is 0. The normalized spacial score (nSPS) is 12.6. The van der Waals surface area contributed by atoms with Gasteiger partial charge in [-0.2, -0.15) is 11.8 Å². The Bertz CT molecular complexity index is 80.9. The zero-order valence-corrected chi connectivity index (χ0v) is 6.00. The molecule has 8 heavy (non-hydrogen) atoms. The zero-order chi connectivity index (χ0) is 6.41. The predicted octanol–water partition coefficient (Wildman–Crippen LogP) is 1.97. The third-order valence-corrected chi connectivity index (χ3v) is 1.85. The lowest BCUT2D eigenvalue weighted by atomic mass is 10.3. The number of hydrogen-bond acceptors (Lipinski definition) is 1. The van der Waals surface area contributed by atoms with E-state index in [1.807, 2.05) is 6.26 Å². The van der Waals surface area contributed by atoms with Gasteiger partial charge < -0.3 is 0 Å². The second kappa shape index (κ2) is 5.05. The van der Waals surface area contributed by atoms with Crippen LogP contribution < -0.4 is 0 Å². The molecule has 0 nitrogen and oxygen atoms in total. The Labute approximate surface area is 56.1 Å². The highest BCUT2D eigenvalue weighted by Crippen LogP contribution is 2.09. The van der Waals surface area contributed by atoms with E-state index < -0.39 is 0 Å². The van der Waals surface area contributed by atoms with Crippen molar-refractivity contribution in [3.63, 3.8) is 0 Å². The van der Waals surface area contributed by atoms with Crippen LogP contribution in [-0.4, -0.2) is 11.5 Å². The summed E-state index contributed by atoms with van der Waals surface area (Å²) in [5.41, 5.74) is 0. The molecule has 0 bridgehead atoms. The lowest BCUT2D eigenvalue weighted by molar-refractivity contribution is 0.901. The van der Waals surface area contributed by atoms with Crippen molar-refractivity contribution in [2.75, 3.05) is 6.26 Å². The van der Waals surface area contributed by atoms with Crippen molar-refractivity contribution in [1.82, 2.24) is 0 Å². The Kier molecular flexibility index (Phi) is 5.00. The summed E-state index contributed by atoms with van der Waals surface area (Å²) in [5, 5.41) is 0.478. The van der Waals surface area contributed by atoms with Crippen molar-refractivity contribution in [2.45, 2.75) is 18.1 Å². The summed E-state index contributed by atoms with van der Waals surface area (Å²) >= 11 is 1.76. The second-order valence-corrected chi connectivity index (χ2v) is 2.74. The van der Waals surface area contributed by atoms with Crippen molar-refractivity contribution in [3.8, 4) is 12.3 Å². The molecule has 0 saturated carbocycles. The van der Waals surface area contributed by atoms with Crippen molar-refractivity contribution < 1.29 is 0 Å². The molecule has 0 N–H and O–H groups in total.